The summed E-state index contributed by atoms with van der Waals surface area (Å²) in [5, 5.41) is 11.3. The fourth-order valence-electron chi connectivity index (χ4n) is 4.50. The molecule has 0 bridgehead atoms. The first-order valence-corrected chi connectivity index (χ1v) is 10.2. The van der Waals surface area contributed by atoms with Crippen LogP contribution in [0.1, 0.15) is 51.9 Å². The molecule has 0 radical (unpaired) electrons. The van der Waals surface area contributed by atoms with Crippen LogP contribution in [-0.4, -0.2) is 16.9 Å². The molecule has 5 rings (SSSR count). The summed E-state index contributed by atoms with van der Waals surface area (Å²) < 4.78 is 16.5. The van der Waals surface area contributed by atoms with Crippen molar-refractivity contribution in [2.75, 3.05) is 0 Å². The van der Waals surface area contributed by atoms with Gasteiger partial charge in [0.1, 0.15) is 22.5 Å². The van der Waals surface area contributed by atoms with Gasteiger partial charge in [-0.1, -0.05) is 11.6 Å². The quantitative estimate of drug-likeness (QED) is 0.213. The van der Waals surface area contributed by atoms with Gasteiger partial charge in [-0.2, -0.15) is 0 Å². The number of benzene rings is 2. The molecule has 4 aromatic rings. The number of ketones is 1. The second-order valence-electron chi connectivity index (χ2n) is 8.23. The Morgan fingerprint density at radius 2 is 1.88 bits per heavy atom. The summed E-state index contributed by atoms with van der Waals surface area (Å²) in [5.74, 6) is -2.84. The molecule has 1 aliphatic rings. The standard InChI is InChI=1S/C25H18O8/c1-10-4-5-16-14(6-10)22(29)15(9-31-16)13-8-18(28)33-25-20(12(3)26)23(30)19-11(2)7-17(27)32-24(19)21(13)25/h4-7,9,13,30H,8H2,1-3H3/t13-/m0/s1. The molecule has 0 saturated carbocycles. The molecule has 33 heavy (non-hydrogen) atoms. The van der Waals surface area contributed by atoms with E-state index in [1.165, 1.54) is 19.3 Å². The van der Waals surface area contributed by atoms with Crippen molar-refractivity contribution in [3.63, 3.8) is 0 Å². The zero-order chi connectivity index (χ0) is 23.6. The lowest BCUT2D eigenvalue weighted by molar-refractivity contribution is -0.135. The maximum absolute atomic E-state index is 13.4. The third-order valence-electron chi connectivity index (χ3n) is 5.97. The fourth-order valence-corrected chi connectivity index (χ4v) is 4.50. The number of fused-ring (bicyclic) bond motifs is 4. The zero-order valence-corrected chi connectivity index (χ0v) is 18.0. The number of ether oxygens (including phenoxy) is 1. The highest BCUT2D eigenvalue weighted by Crippen LogP contribution is 2.49. The average Bonchev–Trinajstić information content (AvgIpc) is 2.73. The van der Waals surface area contributed by atoms with Crippen molar-refractivity contribution in [2.45, 2.75) is 33.1 Å². The van der Waals surface area contributed by atoms with Gasteiger partial charge in [-0.15, -0.1) is 0 Å². The highest BCUT2D eigenvalue weighted by atomic mass is 16.5. The molecule has 3 heterocycles. The first kappa shape index (κ1) is 20.7. The predicted octanol–water partition coefficient (Wildman–Crippen LogP) is 3.87. The van der Waals surface area contributed by atoms with E-state index in [9.17, 15) is 24.3 Å². The van der Waals surface area contributed by atoms with E-state index in [4.69, 9.17) is 13.6 Å². The highest BCUT2D eigenvalue weighted by molar-refractivity contribution is 6.09. The normalized spacial score (nSPS) is 15.5. The Morgan fingerprint density at radius 1 is 1.12 bits per heavy atom. The summed E-state index contributed by atoms with van der Waals surface area (Å²) in [4.78, 5) is 50.7. The maximum Gasteiger partial charge on any atom is 0.336 e. The number of phenols is 1. The van der Waals surface area contributed by atoms with Gasteiger partial charge in [0.2, 0.25) is 0 Å². The molecule has 0 spiro atoms. The molecule has 1 atom stereocenters. The summed E-state index contributed by atoms with van der Waals surface area (Å²) in [5.41, 5.74) is 0.638. The Kier molecular flexibility index (Phi) is 4.49. The zero-order valence-electron chi connectivity index (χ0n) is 18.0. The Balaban J connectivity index is 1.94. The summed E-state index contributed by atoms with van der Waals surface area (Å²) in [6, 6.07) is 6.37. The molecule has 8 nitrogen and oxygen atoms in total. The van der Waals surface area contributed by atoms with Crippen molar-refractivity contribution >= 4 is 33.7 Å². The van der Waals surface area contributed by atoms with E-state index in [1.807, 2.05) is 13.0 Å². The first-order valence-electron chi connectivity index (χ1n) is 10.2. The number of hydrogen-bond donors (Lipinski definition) is 1. The minimum atomic E-state index is -0.923. The van der Waals surface area contributed by atoms with Crippen LogP contribution in [0.15, 0.2) is 49.0 Å². The molecule has 1 aliphatic heterocycles. The largest absolute Gasteiger partial charge is 0.506 e. The number of aromatic hydroxyl groups is 1. The van der Waals surface area contributed by atoms with Crippen LogP contribution in [0, 0.1) is 13.8 Å². The van der Waals surface area contributed by atoms with E-state index in [0.29, 0.717) is 16.5 Å². The number of esters is 1. The van der Waals surface area contributed by atoms with Crippen molar-refractivity contribution in [1.82, 2.24) is 0 Å². The predicted molar refractivity (Wildman–Crippen MR) is 118 cm³/mol. The van der Waals surface area contributed by atoms with Crippen molar-refractivity contribution in [3.8, 4) is 11.5 Å². The monoisotopic (exact) mass is 446 g/mol. The van der Waals surface area contributed by atoms with Crippen LogP contribution >= 0.6 is 0 Å². The lowest BCUT2D eigenvalue weighted by Crippen LogP contribution is -2.26. The highest BCUT2D eigenvalue weighted by Gasteiger charge is 2.38. The molecule has 2 aromatic carbocycles. The van der Waals surface area contributed by atoms with Crippen LogP contribution in [0.2, 0.25) is 0 Å². The van der Waals surface area contributed by atoms with Gasteiger partial charge < -0.3 is 18.7 Å². The number of rotatable bonds is 2. The van der Waals surface area contributed by atoms with Gasteiger partial charge in [0.15, 0.2) is 17.0 Å². The molecule has 8 heteroatoms. The summed E-state index contributed by atoms with van der Waals surface area (Å²) in [7, 11) is 0. The van der Waals surface area contributed by atoms with Crippen LogP contribution in [0.25, 0.3) is 21.9 Å². The van der Waals surface area contributed by atoms with E-state index in [-0.39, 0.29) is 45.3 Å². The SMILES string of the molecule is CC(=O)c1c2c(c3oc(=O)cc(C)c3c1O)[C@H](c1coc3ccc(C)cc3c1=O)CC(=O)O2. The smallest absolute Gasteiger partial charge is 0.336 e. The number of aryl methyl sites for hydroxylation is 2. The molecule has 0 unspecified atom stereocenters. The Labute approximate surface area is 186 Å². The van der Waals surface area contributed by atoms with Crippen LogP contribution in [0.4, 0.5) is 0 Å². The van der Waals surface area contributed by atoms with Gasteiger partial charge in [-0.05, 0) is 38.5 Å². The Hall–Kier alpha value is -4.20. The molecule has 166 valence electrons. The molecule has 0 fully saturated rings. The van der Waals surface area contributed by atoms with E-state index in [0.717, 1.165) is 5.56 Å². The van der Waals surface area contributed by atoms with Gasteiger partial charge >= 0.3 is 11.6 Å². The fraction of sp³-hybridized carbons (Fsp3) is 0.200. The maximum atomic E-state index is 13.4. The number of Topliss-reactive ketones (excluding diaryl/α,β-unsaturated/α-hetero) is 1. The van der Waals surface area contributed by atoms with Gasteiger partial charge in [0, 0.05) is 23.1 Å². The second-order valence-corrected chi connectivity index (χ2v) is 8.23. The van der Waals surface area contributed by atoms with E-state index in [2.05, 4.69) is 0 Å². The average molecular weight is 446 g/mol. The van der Waals surface area contributed by atoms with Crippen LogP contribution in [0.5, 0.6) is 11.5 Å². The van der Waals surface area contributed by atoms with Gasteiger partial charge in [-0.3, -0.25) is 14.4 Å². The van der Waals surface area contributed by atoms with Crippen LogP contribution in [-0.2, 0) is 4.79 Å². The van der Waals surface area contributed by atoms with Crippen LogP contribution < -0.4 is 15.8 Å². The second kappa shape index (κ2) is 7.16. The van der Waals surface area contributed by atoms with E-state index in [1.54, 1.807) is 19.1 Å². The van der Waals surface area contributed by atoms with Gasteiger partial charge in [-0.25, -0.2) is 4.79 Å². The Bertz CT molecular complexity index is 1640. The Morgan fingerprint density at radius 3 is 2.61 bits per heavy atom. The van der Waals surface area contributed by atoms with Gasteiger partial charge in [0.25, 0.3) is 0 Å². The minimum absolute atomic E-state index is 0.0428. The number of hydrogen-bond acceptors (Lipinski definition) is 8. The third kappa shape index (κ3) is 3.06. The summed E-state index contributed by atoms with van der Waals surface area (Å²) in [6.07, 6.45) is 1.02. The minimum Gasteiger partial charge on any atom is -0.506 e. The molecule has 0 amide bonds. The topological polar surface area (TPSA) is 124 Å². The van der Waals surface area contributed by atoms with E-state index < -0.39 is 29.0 Å². The number of phenolic OH excluding ortho intramolecular Hbond substituents is 1. The van der Waals surface area contributed by atoms with Crippen molar-refractivity contribution in [2.24, 2.45) is 0 Å². The molecular weight excluding hydrogens is 428 g/mol. The van der Waals surface area contributed by atoms with Gasteiger partial charge in [0.05, 0.1) is 23.5 Å². The van der Waals surface area contributed by atoms with Crippen molar-refractivity contribution < 1.29 is 28.3 Å². The lowest BCUT2D eigenvalue weighted by atomic mass is 9.83. The third-order valence-corrected chi connectivity index (χ3v) is 5.97. The first-order chi connectivity index (χ1) is 15.7. The summed E-state index contributed by atoms with van der Waals surface area (Å²) in [6.45, 7) is 4.65. The summed E-state index contributed by atoms with van der Waals surface area (Å²) >= 11 is 0. The van der Waals surface area contributed by atoms with Crippen molar-refractivity contribution in [1.29, 1.82) is 0 Å². The number of carbonyl (C=O) groups excluding carboxylic acids is 2. The number of carbonyl (C=O) groups is 2. The molecular formula is C25H18O8. The molecule has 0 saturated heterocycles. The molecule has 0 aliphatic carbocycles. The molecule has 1 N–H and O–H groups in total. The molecule has 2 aromatic heterocycles. The van der Waals surface area contributed by atoms with Crippen LogP contribution in [0.3, 0.4) is 0 Å². The lowest BCUT2D eigenvalue weighted by Gasteiger charge is -2.27. The van der Waals surface area contributed by atoms with Crippen molar-refractivity contribution in [3.05, 3.63) is 79.0 Å². The van der Waals surface area contributed by atoms with E-state index >= 15 is 0 Å².